The maximum atomic E-state index is 12.8. The molecule has 2 heterocycles. The highest BCUT2D eigenvalue weighted by Crippen LogP contribution is 2.40. The van der Waals surface area contributed by atoms with Crippen LogP contribution in [0.1, 0.15) is 16.1 Å². The summed E-state index contributed by atoms with van der Waals surface area (Å²) in [5.41, 5.74) is -0.0860. The van der Waals surface area contributed by atoms with Crippen LogP contribution in [0.15, 0.2) is 33.5 Å². The molecule has 144 valence electrons. The number of aryl methyl sites for hydroxylation is 1. The lowest BCUT2D eigenvalue weighted by molar-refractivity contribution is 0.0172. The summed E-state index contributed by atoms with van der Waals surface area (Å²) in [6.07, 6.45) is -0.193. The van der Waals surface area contributed by atoms with Crippen molar-refractivity contribution in [2.45, 2.75) is 13.0 Å². The van der Waals surface area contributed by atoms with E-state index in [9.17, 15) is 9.59 Å². The molecule has 0 radical (unpaired) electrons. The molecule has 27 heavy (non-hydrogen) atoms. The number of carbonyl (C=O) groups excluding carboxylic acids is 1. The summed E-state index contributed by atoms with van der Waals surface area (Å²) in [6.45, 7) is 2.47. The fourth-order valence-corrected chi connectivity index (χ4v) is 2.95. The molecule has 0 bridgehead atoms. The van der Waals surface area contributed by atoms with Gasteiger partial charge in [-0.05, 0) is 19.1 Å². The zero-order valence-corrected chi connectivity index (χ0v) is 15.6. The van der Waals surface area contributed by atoms with Crippen LogP contribution in [0.2, 0.25) is 0 Å². The monoisotopic (exact) mass is 375 g/mol. The Hall–Kier alpha value is -3.16. The predicted octanol–water partition coefficient (Wildman–Crippen LogP) is 1.88. The van der Waals surface area contributed by atoms with Crippen molar-refractivity contribution in [3.8, 4) is 23.0 Å². The van der Waals surface area contributed by atoms with Crippen LogP contribution in [0, 0.1) is 6.92 Å². The van der Waals surface area contributed by atoms with Crippen LogP contribution in [0.5, 0.6) is 23.0 Å². The molecule has 0 atom stereocenters. The number of likely N-dealkylation sites (tertiary alicyclic amines) is 1. The van der Waals surface area contributed by atoms with E-state index in [4.69, 9.17) is 23.4 Å². The highest BCUT2D eigenvalue weighted by atomic mass is 16.5. The summed E-state index contributed by atoms with van der Waals surface area (Å²) in [5, 5.41) is 0. The van der Waals surface area contributed by atoms with E-state index in [1.807, 2.05) is 0 Å². The van der Waals surface area contributed by atoms with E-state index in [2.05, 4.69) is 0 Å². The lowest BCUT2D eigenvalue weighted by Gasteiger charge is -2.39. The number of carbonyl (C=O) groups is 1. The SMILES string of the molecule is COc1ccc(C(=O)N2CC(Oc3cc(C)oc(=O)c3)C2)c(OC)c1OC. The number of hydrogen-bond donors (Lipinski definition) is 0. The number of benzene rings is 1. The van der Waals surface area contributed by atoms with Gasteiger partial charge in [-0.1, -0.05) is 0 Å². The van der Waals surface area contributed by atoms with Gasteiger partial charge < -0.3 is 28.3 Å². The van der Waals surface area contributed by atoms with E-state index >= 15 is 0 Å². The predicted molar refractivity (Wildman–Crippen MR) is 96.1 cm³/mol. The summed E-state index contributed by atoms with van der Waals surface area (Å²) in [5.74, 6) is 1.88. The molecular weight excluding hydrogens is 354 g/mol. The van der Waals surface area contributed by atoms with E-state index < -0.39 is 5.63 Å². The third kappa shape index (κ3) is 3.69. The molecule has 1 aliphatic heterocycles. The standard InChI is InChI=1S/C19H21NO7/c1-11-7-12(8-16(21)26-11)27-13-9-20(10-13)19(22)14-5-6-15(23-2)18(25-4)17(14)24-3/h5-8,13H,9-10H2,1-4H3. The van der Waals surface area contributed by atoms with Gasteiger partial charge in [-0.3, -0.25) is 4.79 Å². The van der Waals surface area contributed by atoms with Crippen LogP contribution in [0.3, 0.4) is 0 Å². The highest BCUT2D eigenvalue weighted by Gasteiger charge is 2.35. The second kappa shape index (κ2) is 7.61. The summed E-state index contributed by atoms with van der Waals surface area (Å²) in [4.78, 5) is 25.8. The molecule has 1 saturated heterocycles. The van der Waals surface area contributed by atoms with Crippen LogP contribution >= 0.6 is 0 Å². The van der Waals surface area contributed by atoms with Crippen molar-refractivity contribution in [1.82, 2.24) is 4.90 Å². The van der Waals surface area contributed by atoms with Gasteiger partial charge in [0.15, 0.2) is 11.5 Å². The third-order valence-corrected chi connectivity index (χ3v) is 4.24. The number of rotatable bonds is 6. The van der Waals surface area contributed by atoms with Crippen molar-refractivity contribution < 1.29 is 28.2 Å². The first-order valence-electron chi connectivity index (χ1n) is 8.33. The Morgan fingerprint density at radius 1 is 1.07 bits per heavy atom. The van der Waals surface area contributed by atoms with Crippen LogP contribution in [-0.2, 0) is 0 Å². The molecule has 8 heteroatoms. The zero-order chi connectivity index (χ0) is 19.6. The van der Waals surface area contributed by atoms with E-state index in [1.54, 1.807) is 30.0 Å². The molecule has 0 unspecified atom stereocenters. The van der Waals surface area contributed by atoms with Crippen molar-refractivity contribution in [1.29, 1.82) is 0 Å². The Kier molecular flexibility index (Phi) is 5.25. The van der Waals surface area contributed by atoms with Gasteiger partial charge in [0.2, 0.25) is 5.75 Å². The summed E-state index contributed by atoms with van der Waals surface area (Å²) in [7, 11) is 4.47. The smallest absolute Gasteiger partial charge is 0.339 e. The fourth-order valence-electron chi connectivity index (χ4n) is 2.95. The average Bonchev–Trinajstić information content (AvgIpc) is 2.61. The van der Waals surface area contributed by atoms with Crippen molar-refractivity contribution in [3.05, 3.63) is 46.0 Å². The maximum Gasteiger partial charge on any atom is 0.339 e. The number of nitrogens with zero attached hydrogens (tertiary/aromatic N) is 1. The molecule has 0 N–H and O–H groups in total. The Labute approximate surface area is 156 Å². The Morgan fingerprint density at radius 3 is 2.37 bits per heavy atom. The van der Waals surface area contributed by atoms with Gasteiger partial charge in [0, 0.05) is 6.07 Å². The van der Waals surface area contributed by atoms with E-state index in [0.29, 0.717) is 47.4 Å². The molecule has 0 spiro atoms. The summed E-state index contributed by atoms with van der Waals surface area (Å²) in [6, 6.07) is 6.23. The lowest BCUT2D eigenvalue weighted by atomic mass is 10.1. The number of amides is 1. The van der Waals surface area contributed by atoms with E-state index in [-0.39, 0.29) is 12.0 Å². The van der Waals surface area contributed by atoms with E-state index in [1.165, 1.54) is 27.4 Å². The minimum atomic E-state index is -0.465. The second-order valence-electron chi connectivity index (χ2n) is 6.05. The molecule has 8 nitrogen and oxygen atoms in total. The van der Waals surface area contributed by atoms with Crippen molar-refractivity contribution in [2.75, 3.05) is 34.4 Å². The topological polar surface area (TPSA) is 87.4 Å². The van der Waals surface area contributed by atoms with Gasteiger partial charge in [0.25, 0.3) is 5.91 Å². The first kappa shape index (κ1) is 18.6. The molecule has 3 rings (SSSR count). The maximum absolute atomic E-state index is 12.8. The van der Waals surface area contributed by atoms with Crippen LogP contribution in [0.4, 0.5) is 0 Å². The Balaban J connectivity index is 1.71. The minimum absolute atomic E-state index is 0.193. The molecule has 1 fully saturated rings. The molecule has 1 aromatic carbocycles. The fraction of sp³-hybridized carbons (Fsp3) is 0.368. The normalized spacial score (nSPS) is 13.7. The molecule has 0 saturated carbocycles. The molecule has 0 aliphatic carbocycles. The minimum Gasteiger partial charge on any atom is -0.493 e. The lowest BCUT2D eigenvalue weighted by Crippen LogP contribution is -2.56. The number of methoxy groups -OCH3 is 3. The van der Waals surface area contributed by atoms with Gasteiger partial charge in [-0.25, -0.2) is 4.79 Å². The molecule has 1 amide bonds. The van der Waals surface area contributed by atoms with Crippen molar-refractivity contribution in [3.63, 3.8) is 0 Å². The van der Waals surface area contributed by atoms with Gasteiger partial charge >= 0.3 is 5.63 Å². The largest absolute Gasteiger partial charge is 0.493 e. The summed E-state index contributed by atoms with van der Waals surface area (Å²) >= 11 is 0. The molecule has 1 aromatic heterocycles. The Bertz CT molecular complexity index is 899. The van der Waals surface area contributed by atoms with Gasteiger partial charge in [-0.15, -0.1) is 0 Å². The number of hydrogen-bond acceptors (Lipinski definition) is 7. The number of ether oxygens (including phenoxy) is 4. The highest BCUT2D eigenvalue weighted by molar-refractivity contribution is 5.98. The quantitative estimate of drug-likeness (QED) is 0.762. The second-order valence-corrected chi connectivity index (χ2v) is 6.05. The van der Waals surface area contributed by atoms with Crippen LogP contribution in [-0.4, -0.2) is 51.3 Å². The molecule has 1 aliphatic rings. The van der Waals surface area contributed by atoms with Gasteiger partial charge in [0.05, 0.1) is 46.0 Å². The van der Waals surface area contributed by atoms with Crippen LogP contribution < -0.4 is 24.6 Å². The van der Waals surface area contributed by atoms with Crippen molar-refractivity contribution >= 4 is 5.91 Å². The first-order chi connectivity index (χ1) is 13.0. The van der Waals surface area contributed by atoms with Gasteiger partial charge in [0.1, 0.15) is 17.6 Å². The van der Waals surface area contributed by atoms with Gasteiger partial charge in [-0.2, -0.15) is 0 Å². The zero-order valence-electron chi connectivity index (χ0n) is 15.6. The first-order valence-corrected chi connectivity index (χ1v) is 8.33. The third-order valence-electron chi connectivity index (χ3n) is 4.24. The summed E-state index contributed by atoms with van der Waals surface area (Å²) < 4.78 is 26.6. The average molecular weight is 375 g/mol. The van der Waals surface area contributed by atoms with E-state index in [0.717, 1.165) is 0 Å². The molecule has 2 aromatic rings. The van der Waals surface area contributed by atoms with Crippen molar-refractivity contribution in [2.24, 2.45) is 0 Å². The molecular formula is C19H21NO7. The van der Waals surface area contributed by atoms with Crippen LogP contribution in [0.25, 0.3) is 0 Å². The Morgan fingerprint density at radius 2 is 1.78 bits per heavy atom.